The van der Waals surface area contributed by atoms with E-state index in [2.05, 4.69) is 10.1 Å². The summed E-state index contributed by atoms with van der Waals surface area (Å²) in [5.41, 5.74) is -0.565. The molecule has 6 atom stereocenters. The molecule has 1 aliphatic heterocycles. The minimum absolute atomic E-state index is 0.216. The molecule has 202 valence electrons. The Labute approximate surface area is 219 Å². The van der Waals surface area contributed by atoms with Gasteiger partial charge < -0.3 is 19.1 Å². The van der Waals surface area contributed by atoms with Crippen LogP contribution in [0, 0.1) is 6.92 Å². The Balaban J connectivity index is 1.82. The van der Waals surface area contributed by atoms with Crippen LogP contribution < -0.4 is 20.9 Å². The number of ether oxygens (including phenoxy) is 2. The number of halogens is 1. The van der Waals surface area contributed by atoms with Crippen LogP contribution >= 0.6 is 19.3 Å². The average Bonchev–Trinajstić information content (AvgIpc) is 3.00. The van der Waals surface area contributed by atoms with E-state index in [1.165, 1.54) is 21.0 Å². The molecular formula is C22H30BClN3O9P. The van der Waals surface area contributed by atoms with Crippen molar-refractivity contribution in [1.82, 2.24) is 14.6 Å². The standard InChI is InChI=1S/C22H30BClN3O9P/c1-12(2)34-19(30)14(4)26-37(32,36-15-7-5-6-13(3)10-15)33-11-16-18(29)22(23,24)20(35-16)27-9-8-17(28)25-21(27)31/h5-10,12,14,16,18,20,29H,11,23H2,1-4H3,(H,26,32)(H,25,28,31)/t14-,16+,18+,20+,22-,37?/m0/s1. The Bertz CT molecular complexity index is 1280. The maximum absolute atomic E-state index is 13.7. The number of esters is 1. The minimum Gasteiger partial charge on any atom is -0.462 e. The number of H-pyrrole nitrogens is 1. The number of carbonyl (C=O) groups is 1. The summed E-state index contributed by atoms with van der Waals surface area (Å²) in [5, 5.41) is 13.4. The Morgan fingerprint density at radius 3 is 2.68 bits per heavy atom. The third-order valence-electron chi connectivity index (χ3n) is 5.50. The fourth-order valence-electron chi connectivity index (χ4n) is 3.66. The number of carbonyl (C=O) groups excluding carboxylic acids is 1. The molecule has 12 nitrogen and oxygen atoms in total. The maximum atomic E-state index is 13.7. The summed E-state index contributed by atoms with van der Waals surface area (Å²) >= 11 is 6.54. The summed E-state index contributed by atoms with van der Waals surface area (Å²) in [7, 11) is -2.79. The number of aliphatic hydroxyl groups excluding tert-OH is 1. The van der Waals surface area contributed by atoms with Crippen LogP contribution in [0.4, 0.5) is 0 Å². The third-order valence-corrected chi connectivity index (χ3v) is 7.56. The molecule has 0 radical (unpaired) electrons. The number of benzene rings is 1. The van der Waals surface area contributed by atoms with Gasteiger partial charge >= 0.3 is 19.4 Å². The van der Waals surface area contributed by atoms with Crippen LogP contribution in [0.5, 0.6) is 5.75 Å². The number of aryl methyl sites for hydroxylation is 1. The van der Waals surface area contributed by atoms with Crippen molar-refractivity contribution in [3.63, 3.8) is 0 Å². The van der Waals surface area contributed by atoms with Gasteiger partial charge in [-0.25, -0.2) is 9.36 Å². The summed E-state index contributed by atoms with van der Waals surface area (Å²) < 4.78 is 35.5. The Kier molecular flexibility index (Phi) is 9.10. The molecule has 2 heterocycles. The van der Waals surface area contributed by atoms with E-state index in [4.69, 9.17) is 30.1 Å². The van der Waals surface area contributed by atoms with Gasteiger partial charge in [-0.1, -0.05) is 12.1 Å². The van der Waals surface area contributed by atoms with Gasteiger partial charge in [0.25, 0.3) is 5.56 Å². The van der Waals surface area contributed by atoms with Crippen molar-refractivity contribution in [1.29, 1.82) is 0 Å². The molecule has 1 aromatic heterocycles. The molecule has 1 unspecified atom stereocenters. The molecule has 2 aromatic rings. The molecule has 37 heavy (non-hydrogen) atoms. The first kappa shape index (κ1) is 29.2. The van der Waals surface area contributed by atoms with E-state index >= 15 is 0 Å². The molecule has 1 aromatic carbocycles. The summed E-state index contributed by atoms with van der Waals surface area (Å²) in [4.78, 5) is 38.1. The van der Waals surface area contributed by atoms with Crippen LogP contribution in [-0.4, -0.2) is 64.2 Å². The monoisotopic (exact) mass is 557 g/mol. The van der Waals surface area contributed by atoms with E-state index in [1.54, 1.807) is 32.0 Å². The Morgan fingerprint density at radius 2 is 2.05 bits per heavy atom. The highest BCUT2D eigenvalue weighted by Crippen LogP contribution is 2.47. The van der Waals surface area contributed by atoms with Crippen molar-refractivity contribution in [3.8, 4) is 5.75 Å². The predicted molar refractivity (Wildman–Crippen MR) is 138 cm³/mol. The second-order valence-corrected chi connectivity index (χ2v) is 11.7. The number of nitrogens with one attached hydrogen (secondary N) is 2. The second kappa shape index (κ2) is 11.5. The van der Waals surface area contributed by atoms with E-state index in [-0.39, 0.29) is 5.75 Å². The molecule has 1 fully saturated rings. The highest BCUT2D eigenvalue weighted by molar-refractivity contribution is 7.52. The van der Waals surface area contributed by atoms with Crippen LogP contribution in [-0.2, 0) is 23.4 Å². The van der Waals surface area contributed by atoms with Crippen molar-refractivity contribution >= 4 is 33.2 Å². The van der Waals surface area contributed by atoms with Crippen molar-refractivity contribution < 1.29 is 33.0 Å². The van der Waals surface area contributed by atoms with Crippen LogP contribution in [0.3, 0.4) is 0 Å². The van der Waals surface area contributed by atoms with Gasteiger partial charge in [0.1, 0.15) is 25.7 Å². The number of alkyl halides is 1. The average molecular weight is 558 g/mol. The summed E-state index contributed by atoms with van der Waals surface area (Å²) in [6.07, 6.45) is -2.93. The van der Waals surface area contributed by atoms with Gasteiger partial charge in [-0.15, -0.1) is 11.6 Å². The van der Waals surface area contributed by atoms with Crippen molar-refractivity contribution in [3.05, 3.63) is 62.9 Å². The lowest BCUT2D eigenvalue weighted by Crippen LogP contribution is -2.45. The molecular weight excluding hydrogens is 527 g/mol. The molecule has 3 rings (SSSR count). The van der Waals surface area contributed by atoms with Gasteiger partial charge in [0.05, 0.1) is 23.6 Å². The third kappa shape index (κ3) is 7.13. The van der Waals surface area contributed by atoms with E-state index < -0.39 is 66.9 Å². The molecule has 0 spiro atoms. The molecule has 1 saturated heterocycles. The smallest absolute Gasteiger partial charge is 0.459 e. The zero-order valence-corrected chi connectivity index (χ0v) is 22.7. The molecule has 0 saturated carbocycles. The maximum Gasteiger partial charge on any atom is 0.459 e. The number of hydrogen-bond acceptors (Lipinski definition) is 9. The van der Waals surface area contributed by atoms with Crippen LogP contribution in [0.2, 0.25) is 0 Å². The van der Waals surface area contributed by atoms with Crippen LogP contribution in [0.15, 0.2) is 46.1 Å². The van der Waals surface area contributed by atoms with Gasteiger partial charge in [0.15, 0.2) is 6.23 Å². The first-order chi connectivity index (χ1) is 17.2. The number of aromatic nitrogens is 2. The molecule has 0 bridgehead atoms. The molecule has 15 heteroatoms. The van der Waals surface area contributed by atoms with Gasteiger partial charge in [-0.3, -0.25) is 23.7 Å². The van der Waals surface area contributed by atoms with Crippen molar-refractivity contribution in [2.24, 2.45) is 0 Å². The summed E-state index contributed by atoms with van der Waals surface area (Å²) in [5.74, 6) is -0.456. The van der Waals surface area contributed by atoms with E-state index in [9.17, 15) is 24.1 Å². The largest absolute Gasteiger partial charge is 0.462 e. The Hall–Kier alpha value is -2.41. The molecule has 0 aliphatic carbocycles. The van der Waals surface area contributed by atoms with Crippen LogP contribution in [0.1, 0.15) is 32.6 Å². The van der Waals surface area contributed by atoms with Gasteiger partial charge in [0, 0.05) is 12.3 Å². The summed E-state index contributed by atoms with van der Waals surface area (Å²) in [6.45, 7) is 6.12. The molecule has 0 amide bonds. The predicted octanol–water partition coefficient (Wildman–Crippen LogP) is 0.805. The van der Waals surface area contributed by atoms with Gasteiger partial charge in [-0.2, -0.15) is 5.09 Å². The highest BCUT2D eigenvalue weighted by Gasteiger charge is 2.53. The number of aromatic amines is 1. The zero-order valence-electron chi connectivity index (χ0n) is 21.0. The number of aliphatic hydroxyl groups is 1. The lowest BCUT2D eigenvalue weighted by atomic mass is 9.79. The van der Waals surface area contributed by atoms with E-state index in [0.29, 0.717) is 0 Å². The van der Waals surface area contributed by atoms with Gasteiger partial charge in [-0.05, 0) is 45.4 Å². The quantitative estimate of drug-likeness (QED) is 0.165. The van der Waals surface area contributed by atoms with Crippen LogP contribution in [0.25, 0.3) is 0 Å². The fourth-order valence-corrected chi connectivity index (χ4v) is 5.45. The lowest BCUT2D eigenvalue weighted by molar-refractivity contribution is -0.149. The number of rotatable bonds is 10. The first-order valence-corrected chi connectivity index (χ1v) is 13.5. The highest BCUT2D eigenvalue weighted by atomic mass is 35.5. The number of hydrogen-bond donors (Lipinski definition) is 3. The summed E-state index contributed by atoms with van der Waals surface area (Å²) in [6, 6.07) is 6.75. The Morgan fingerprint density at radius 1 is 1.35 bits per heavy atom. The van der Waals surface area contributed by atoms with Crippen molar-refractivity contribution in [2.45, 2.75) is 63.1 Å². The minimum atomic E-state index is -4.24. The molecule has 3 N–H and O–H groups in total. The molecule has 1 aliphatic rings. The fraction of sp³-hybridized carbons (Fsp3) is 0.500. The second-order valence-electron chi connectivity index (χ2n) is 9.18. The lowest BCUT2D eigenvalue weighted by Gasteiger charge is -2.26. The van der Waals surface area contributed by atoms with Crippen molar-refractivity contribution in [2.75, 3.05) is 6.61 Å². The topological polar surface area (TPSA) is 158 Å². The van der Waals surface area contributed by atoms with Gasteiger partial charge in [0.2, 0.25) is 0 Å². The number of nitrogens with zero attached hydrogens (tertiary/aromatic N) is 1. The first-order valence-electron chi connectivity index (χ1n) is 11.5. The normalized spacial score (nSPS) is 26.0. The van der Waals surface area contributed by atoms with E-state index in [1.807, 2.05) is 13.0 Å². The van der Waals surface area contributed by atoms with E-state index in [0.717, 1.165) is 16.2 Å². The SMILES string of the molecule is B[C@]1(Cl)[C@H](O)[C@@H](COP(=O)(N[C@@H](C)C(=O)OC(C)C)Oc2cccc(C)c2)O[C@H]1n1ccc(=O)[nH]c1=O. The zero-order chi connectivity index (χ0) is 27.5.